The van der Waals surface area contributed by atoms with Crippen LogP contribution in [-0.2, 0) is 0 Å². The molecule has 0 saturated heterocycles. The molecule has 2 rings (SSSR count). The number of halogens is 1. The van der Waals surface area contributed by atoms with Crippen LogP contribution >= 0.6 is 11.6 Å². The van der Waals surface area contributed by atoms with Crippen molar-refractivity contribution in [2.45, 2.75) is 46.1 Å². The summed E-state index contributed by atoms with van der Waals surface area (Å²) < 4.78 is 0. The van der Waals surface area contributed by atoms with E-state index >= 15 is 0 Å². The molecule has 1 aliphatic carbocycles. The molecule has 0 heterocycles. The van der Waals surface area contributed by atoms with E-state index in [1.165, 1.54) is 19.3 Å². The van der Waals surface area contributed by atoms with Gasteiger partial charge in [0.05, 0.1) is 10.6 Å². The summed E-state index contributed by atoms with van der Waals surface area (Å²) in [5.41, 5.74) is 1.92. The number of anilines is 1. The monoisotopic (exact) mass is 276 g/mol. The van der Waals surface area contributed by atoms with Crippen molar-refractivity contribution in [1.82, 2.24) is 0 Å². The van der Waals surface area contributed by atoms with E-state index in [0.717, 1.165) is 11.6 Å². The largest absolute Gasteiger partial charge is 0.382 e. The van der Waals surface area contributed by atoms with Crippen molar-refractivity contribution in [2.75, 3.05) is 5.32 Å². The van der Waals surface area contributed by atoms with Crippen LogP contribution in [-0.4, -0.2) is 6.04 Å². The highest BCUT2D eigenvalue weighted by Crippen LogP contribution is 2.39. The molecular weight excluding hydrogens is 256 g/mol. The lowest BCUT2D eigenvalue weighted by Crippen LogP contribution is -2.35. The first-order valence-electron chi connectivity index (χ1n) is 6.86. The SMILES string of the molecule is CC1CC(Nc2ccc(Cl)c(C#N)c2)CC(C)(C)C1. The molecule has 0 aliphatic heterocycles. The van der Waals surface area contributed by atoms with Crippen molar-refractivity contribution in [3.63, 3.8) is 0 Å². The zero-order valence-corrected chi connectivity index (χ0v) is 12.6. The molecule has 1 saturated carbocycles. The second kappa shape index (κ2) is 5.43. The molecule has 0 radical (unpaired) electrons. The van der Waals surface area contributed by atoms with Crippen LogP contribution in [0.4, 0.5) is 5.69 Å². The third kappa shape index (κ3) is 3.64. The molecule has 0 aromatic heterocycles. The van der Waals surface area contributed by atoms with Gasteiger partial charge in [0.1, 0.15) is 6.07 Å². The van der Waals surface area contributed by atoms with Gasteiger partial charge >= 0.3 is 0 Å². The molecule has 1 aromatic carbocycles. The average Bonchev–Trinajstić information content (AvgIpc) is 2.29. The van der Waals surface area contributed by atoms with Crippen LogP contribution in [0.5, 0.6) is 0 Å². The maximum atomic E-state index is 9.01. The molecule has 19 heavy (non-hydrogen) atoms. The summed E-state index contributed by atoms with van der Waals surface area (Å²) in [5, 5.41) is 13.1. The predicted molar refractivity (Wildman–Crippen MR) is 80.4 cm³/mol. The van der Waals surface area contributed by atoms with Crippen LogP contribution in [0.15, 0.2) is 18.2 Å². The van der Waals surface area contributed by atoms with Crippen LogP contribution < -0.4 is 5.32 Å². The van der Waals surface area contributed by atoms with E-state index in [1.54, 1.807) is 6.07 Å². The molecule has 0 amide bonds. The van der Waals surface area contributed by atoms with Gasteiger partial charge in [0.25, 0.3) is 0 Å². The Balaban J connectivity index is 2.11. The lowest BCUT2D eigenvalue weighted by molar-refractivity contribution is 0.178. The molecule has 1 fully saturated rings. The zero-order chi connectivity index (χ0) is 14.0. The summed E-state index contributed by atoms with van der Waals surface area (Å²) in [6.45, 7) is 6.98. The molecule has 102 valence electrons. The van der Waals surface area contributed by atoms with Gasteiger partial charge in [0.2, 0.25) is 0 Å². The Morgan fingerprint density at radius 3 is 2.74 bits per heavy atom. The fourth-order valence-corrected chi connectivity index (χ4v) is 3.55. The maximum absolute atomic E-state index is 9.01. The summed E-state index contributed by atoms with van der Waals surface area (Å²) >= 11 is 5.96. The van der Waals surface area contributed by atoms with Gasteiger partial charge in [-0.15, -0.1) is 0 Å². The molecule has 2 atom stereocenters. The minimum absolute atomic E-state index is 0.389. The van der Waals surface area contributed by atoms with E-state index in [9.17, 15) is 0 Å². The molecule has 1 aliphatic rings. The number of hydrogen-bond acceptors (Lipinski definition) is 2. The topological polar surface area (TPSA) is 35.8 Å². The van der Waals surface area contributed by atoms with Crippen molar-refractivity contribution >= 4 is 17.3 Å². The molecule has 3 heteroatoms. The van der Waals surface area contributed by atoms with Crippen LogP contribution in [0.2, 0.25) is 5.02 Å². The molecule has 1 aromatic rings. The summed E-state index contributed by atoms with van der Waals surface area (Å²) in [6.07, 6.45) is 3.64. The smallest absolute Gasteiger partial charge is 0.101 e. The fraction of sp³-hybridized carbons (Fsp3) is 0.562. The Labute approximate surface area is 120 Å². The van der Waals surface area contributed by atoms with Gasteiger partial charge in [-0.25, -0.2) is 0 Å². The molecular formula is C16H21ClN2. The molecule has 0 spiro atoms. The number of nitrogens with one attached hydrogen (secondary N) is 1. The summed E-state index contributed by atoms with van der Waals surface area (Å²) in [7, 11) is 0. The maximum Gasteiger partial charge on any atom is 0.101 e. The number of nitrogens with zero attached hydrogens (tertiary/aromatic N) is 1. The number of benzene rings is 1. The zero-order valence-electron chi connectivity index (χ0n) is 11.8. The normalized spacial score (nSPS) is 25.6. The van der Waals surface area contributed by atoms with Gasteiger partial charge in [-0.2, -0.15) is 5.26 Å². The first kappa shape index (κ1) is 14.2. The Kier molecular flexibility index (Phi) is 4.06. The second-order valence-electron chi connectivity index (χ2n) is 6.56. The Morgan fingerprint density at radius 1 is 1.37 bits per heavy atom. The van der Waals surface area contributed by atoms with Crippen molar-refractivity contribution in [1.29, 1.82) is 5.26 Å². The van der Waals surface area contributed by atoms with Gasteiger partial charge in [0.15, 0.2) is 0 Å². The van der Waals surface area contributed by atoms with Crippen molar-refractivity contribution in [3.05, 3.63) is 28.8 Å². The van der Waals surface area contributed by atoms with E-state index in [1.807, 2.05) is 12.1 Å². The third-order valence-electron chi connectivity index (χ3n) is 3.84. The lowest BCUT2D eigenvalue weighted by atomic mass is 9.70. The minimum atomic E-state index is 0.389. The molecule has 2 nitrogen and oxygen atoms in total. The lowest BCUT2D eigenvalue weighted by Gasteiger charge is -2.39. The van der Waals surface area contributed by atoms with Gasteiger partial charge in [-0.3, -0.25) is 0 Å². The molecule has 2 unspecified atom stereocenters. The van der Waals surface area contributed by atoms with Crippen LogP contribution in [0.1, 0.15) is 45.6 Å². The summed E-state index contributed by atoms with van der Waals surface area (Å²) in [6, 6.07) is 8.19. The highest BCUT2D eigenvalue weighted by Gasteiger charge is 2.31. The highest BCUT2D eigenvalue weighted by molar-refractivity contribution is 6.31. The van der Waals surface area contributed by atoms with Crippen molar-refractivity contribution < 1.29 is 0 Å². The van der Waals surface area contributed by atoms with Crippen LogP contribution in [0.3, 0.4) is 0 Å². The Hall–Kier alpha value is -1.20. The fourth-order valence-electron chi connectivity index (χ4n) is 3.39. The Morgan fingerprint density at radius 2 is 2.11 bits per heavy atom. The van der Waals surface area contributed by atoms with Crippen LogP contribution in [0, 0.1) is 22.7 Å². The van der Waals surface area contributed by atoms with E-state index in [2.05, 4.69) is 32.2 Å². The summed E-state index contributed by atoms with van der Waals surface area (Å²) in [5.74, 6) is 0.740. The standard InChI is InChI=1S/C16H21ClN2/c1-11-6-14(9-16(2,3)8-11)19-13-4-5-15(17)12(7-13)10-18/h4-5,7,11,14,19H,6,8-9H2,1-3H3. The van der Waals surface area contributed by atoms with Crippen molar-refractivity contribution in [2.24, 2.45) is 11.3 Å². The first-order valence-corrected chi connectivity index (χ1v) is 7.23. The average molecular weight is 277 g/mol. The molecule has 1 N–H and O–H groups in total. The number of hydrogen-bond donors (Lipinski definition) is 1. The van der Waals surface area contributed by atoms with E-state index in [4.69, 9.17) is 16.9 Å². The minimum Gasteiger partial charge on any atom is -0.382 e. The van der Waals surface area contributed by atoms with Gasteiger partial charge in [0, 0.05) is 11.7 Å². The number of nitriles is 1. The van der Waals surface area contributed by atoms with Gasteiger partial charge in [-0.1, -0.05) is 32.4 Å². The van der Waals surface area contributed by atoms with Gasteiger partial charge in [-0.05, 0) is 48.8 Å². The van der Waals surface area contributed by atoms with Crippen LogP contribution in [0.25, 0.3) is 0 Å². The number of rotatable bonds is 2. The van der Waals surface area contributed by atoms with Gasteiger partial charge < -0.3 is 5.32 Å². The van der Waals surface area contributed by atoms with Crippen molar-refractivity contribution in [3.8, 4) is 6.07 Å². The highest BCUT2D eigenvalue weighted by atomic mass is 35.5. The first-order chi connectivity index (χ1) is 8.89. The van der Waals surface area contributed by atoms with E-state index in [0.29, 0.717) is 22.0 Å². The predicted octanol–water partition coefficient (Wildman–Crippen LogP) is 4.84. The van der Waals surface area contributed by atoms with E-state index < -0.39 is 0 Å². The van der Waals surface area contributed by atoms with E-state index in [-0.39, 0.29) is 0 Å². The Bertz CT molecular complexity index is 502. The molecule has 0 bridgehead atoms. The quantitative estimate of drug-likeness (QED) is 0.839. The second-order valence-corrected chi connectivity index (χ2v) is 6.97. The third-order valence-corrected chi connectivity index (χ3v) is 4.17. The summed E-state index contributed by atoms with van der Waals surface area (Å²) in [4.78, 5) is 0.